The number of ether oxygens (including phenoxy) is 1. The van der Waals surface area contributed by atoms with E-state index in [9.17, 15) is 28.1 Å². The highest BCUT2D eigenvalue weighted by molar-refractivity contribution is 7.89. The van der Waals surface area contributed by atoms with Crippen LogP contribution in [0.2, 0.25) is 0 Å². The van der Waals surface area contributed by atoms with Gasteiger partial charge in [-0.15, -0.1) is 0 Å². The van der Waals surface area contributed by atoms with Gasteiger partial charge in [0.25, 0.3) is 5.69 Å². The molecule has 0 aliphatic carbocycles. The highest BCUT2D eigenvalue weighted by atomic mass is 32.2. The van der Waals surface area contributed by atoms with Crippen molar-refractivity contribution in [2.75, 3.05) is 6.54 Å². The summed E-state index contributed by atoms with van der Waals surface area (Å²) in [5.74, 6) is -0.829. The lowest BCUT2D eigenvalue weighted by Crippen LogP contribution is -2.26. The Morgan fingerprint density at radius 2 is 1.82 bits per heavy atom. The molecule has 0 saturated heterocycles. The van der Waals surface area contributed by atoms with Crippen molar-refractivity contribution in [3.8, 4) is 0 Å². The van der Waals surface area contributed by atoms with Crippen molar-refractivity contribution >= 4 is 27.5 Å². The Morgan fingerprint density at radius 3 is 2.43 bits per heavy atom. The molecule has 148 valence electrons. The molecule has 9 nitrogen and oxygen atoms in total. The zero-order valence-corrected chi connectivity index (χ0v) is 15.8. The number of esters is 1. The lowest BCUT2D eigenvalue weighted by atomic mass is 10.2. The summed E-state index contributed by atoms with van der Waals surface area (Å²) in [4.78, 5) is 33.1. The molecule has 0 amide bonds. The van der Waals surface area contributed by atoms with Gasteiger partial charge in [0.2, 0.25) is 10.0 Å². The second-order valence-corrected chi connectivity index (χ2v) is 7.58. The van der Waals surface area contributed by atoms with Crippen molar-refractivity contribution in [3.05, 3.63) is 69.8 Å². The Morgan fingerprint density at radius 1 is 1.14 bits per heavy atom. The van der Waals surface area contributed by atoms with Gasteiger partial charge in [-0.3, -0.25) is 19.7 Å². The molecule has 0 aliphatic heterocycles. The van der Waals surface area contributed by atoms with Crippen molar-refractivity contribution in [1.29, 1.82) is 0 Å². The van der Waals surface area contributed by atoms with Gasteiger partial charge in [0.1, 0.15) is 6.61 Å². The molecular formula is C18H18N2O7S. The topological polar surface area (TPSA) is 133 Å². The quantitative estimate of drug-likeness (QED) is 0.292. The van der Waals surface area contributed by atoms with Crippen LogP contribution < -0.4 is 4.72 Å². The van der Waals surface area contributed by atoms with Gasteiger partial charge in [-0.1, -0.05) is 24.3 Å². The highest BCUT2D eigenvalue weighted by Gasteiger charge is 2.15. The van der Waals surface area contributed by atoms with Gasteiger partial charge in [0.15, 0.2) is 5.78 Å². The van der Waals surface area contributed by atoms with E-state index < -0.39 is 20.9 Å². The predicted octanol–water partition coefficient (Wildman–Crippen LogP) is 2.21. The van der Waals surface area contributed by atoms with Gasteiger partial charge in [-0.2, -0.15) is 0 Å². The van der Waals surface area contributed by atoms with Gasteiger partial charge in [0.05, 0.1) is 16.2 Å². The molecule has 0 fully saturated rings. The number of hydrogen-bond donors (Lipinski definition) is 1. The van der Waals surface area contributed by atoms with E-state index in [4.69, 9.17) is 4.74 Å². The molecule has 0 aromatic heterocycles. The Labute approximate surface area is 161 Å². The molecule has 0 radical (unpaired) electrons. The molecule has 0 bridgehead atoms. The van der Waals surface area contributed by atoms with Crippen molar-refractivity contribution < 1.29 is 27.7 Å². The summed E-state index contributed by atoms with van der Waals surface area (Å²) in [6, 6.07) is 11.1. The van der Waals surface area contributed by atoms with Crippen LogP contribution in [0.5, 0.6) is 0 Å². The SMILES string of the molecule is CC(=O)c1ccc(S(=O)(=O)NCCC(=O)OCc2cccc([N+](=O)[O-])c2)cc1. The molecule has 0 unspecified atom stereocenters. The minimum Gasteiger partial charge on any atom is -0.461 e. The Kier molecular flexibility index (Phi) is 6.96. The number of nitro groups is 1. The van der Waals surface area contributed by atoms with E-state index in [-0.39, 0.29) is 35.9 Å². The number of sulfonamides is 1. The Hall–Kier alpha value is -3.11. The van der Waals surface area contributed by atoms with E-state index in [1.807, 2.05) is 0 Å². The van der Waals surface area contributed by atoms with E-state index in [1.54, 1.807) is 6.07 Å². The number of ketones is 1. The summed E-state index contributed by atoms with van der Waals surface area (Å²) in [7, 11) is -3.82. The molecular weight excluding hydrogens is 388 g/mol. The van der Waals surface area contributed by atoms with Crippen LogP contribution in [0.1, 0.15) is 29.3 Å². The second-order valence-electron chi connectivity index (χ2n) is 5.82. The third-order valence-electron chi connectivity index (χ3n) is 3.71. The van der Waals surface area contributed by atoms with E-state index in [2.05, 4.69) is 4.72 Å². The molecule has 2 aromatic rings. The minimum atomic E-state index is -3.82. The maximum atomic E-state index is 12.2. The third-order valence-corrected chi connectivity index (χ3v) is 5.19. The van der Waals surface area contributed by atoms with Crippen molar-refractivity contribution in [3.63, 3.8) is 0 Å². The fourth-order valence-electron chi connectivity index (χ4n) is 2.24. The monoisotopic (exact) mass is 406 g/mol. The number of benzene rings is 2. The molecule has 10 heteroatoms. The zero-order valence-electron chi connectivity index (χ0n) is 15.0. The van der Waals surface area contributed by atoms with Crippen LogP contribution >= 0.6 is 0 Å². The number of rotatable bonds is 9. The van der Waals surface area contributed by atoms with Crippen molar-refractivity contribution in [1.82, 2.24) is 4.72 Å². The lowest BCUT2D eigenvalue weighted by Gasteiger charge is -2.08. The first-order valence-corrected chi connectivity index (χ1v) is 9.67. The standard InChI is InChI=1S/C18H18N2O7S/c1-13(21)15-5-7-17(8-6-15)28(25,26)19-10-9-18(22)27-12-14-3-2-4-16(11-14)20(23)24/h2-8,11,19H,9-10,12H2,1H3. The average Bonchev–Trinajstić information content (AvgIpc) is 2.66. The molecule has 0 aliphatic rings. The first kappa shape index (κ1) is 21.2. The number of carbonyl (C=O) groups is 2. The number of nitrogens with zero attached hydrogens (tertiary/aromatic N) is 1. The van der Waals surface area contributed by atoms with Gasteiger partial charge in [0, 0.05) is 24.2 Å². The van der Waals surface area contributed by atoms with Crippen molar-refractivity contribution in [2.45, 2.75) is 24.8 Å². The fourth-order valence-corrected chi connectivity index (χ4v) is 3.27. The normalized spacial score (nSPS) is 11.0. The van der Waals surface area contributed by atoms with Crippen LogP contribution in [-0.4, -0.2) is 31.6 Å². The smallest absolute Gasteiger partial charge is 0.307 e. The zero-order chi connectivity index (χ0) is 20.7. The summed E-state index contributed by atoms with van der Waals surface area (Å²) in [5, 5.41) is 10.7. The molecule has 0 saturated carbocycles. The molecule has 0 atom stereocenters. The van der Waals surface area contributed by atoms with Gasteiger partial charge >= 0.3 is 5.97 Å². The summed E-state index contributed by atoms with van der Waals surface area (Å²) >= 11 is 0. The summed E-state index contributed by atoms with van der Waals surface area (Å²) in [6.07, 6.45) is -0.209. The number of hydrogen-bond acceptors (Lipinski definition) is 7. The molecule has 2 rings (SSSR count). The molecule has 0 heterocycles. The predicted molar refractivity (Wildman–Crippen MR) is 99.1 cm³/mol. The summed E-state index contributed by atoms with van der Waals surface area (Å²) < 4.78 is 31.6. The van der Waals surface area contributed by atoms with Crippen LogP contribution in [0.15, 0.2) is 53.4 Å². The maximum Gasteiger partial charge on any atom is 0.307 e. The third kappa shape index (κ3) is 5.96. The van der Waals surface area contributed by atoms with Crippen molar-refractivity contribution in [2.24, 2.45) is 0 Å². The second kappa shape index (κ2) is 9.20. The minimum absolute atomic E-state index is 0.0255. The summed E-state index contributed by atoms with van der Waals surface area (Å²) in [6.45, 7) is 1.05. The number of nitro benzene ring substituents is 1. The van der Waals surface area contributed by atoms with E-state index in [1.165, 1.54) is 49.4 Å². The fraction of sp³-hybridized carbons (Fsp3) is 0.222. The van der Waals surface area contributed by atoms with Crippen LogP contribution in [-0.2, 0) is 26.2 Å². The Bertz CT molecular complexity index is 985. The van der Waals surface area contributed by atoms with E-state index >= 15 is 0 Å². The van der Waals surface area contributed by atoms with E-state index in [0.717, 1.165) is 0 Å². The average molecular weight is 406 g/mol. The van der Waals surface area contributed by atoms with Gasteiger partial charge < -0.3 is 4.74 Å². The number of non-ortho nitro benzene ring substituents is 1. The first-order valence-electron chi connectivity index (χ1n) is 8.18. The summed E-state index contributed by atoms with van der Waals surface area (Å²) in [5.41, 5.74) is 0.731. The maximum absolute atomic E-state index is 12.2. The number of nitrogens with one attached hydrogen (secondary N) is 1. The Balaban J connectivity index is 1.83. The largest absolute Gasteiger partial charge is 0.461 e. The van der Waals surface area contributed by atoms with Crippen LogP contribution in [0.25, 0.3) is 0 Å². The molecule has 28 heavy (non-hydrogen) atoms. The lowest BCUT2D eigenvalue weighted by molar-refractivity contribution is -0.384. The van der Waals surface area contributed by atoms with E-state index in [0.29, 0.717) is 11.1 Å². The molecule has 2 aromatic carbocycles. The number of Topliss-reactive ketones (excluding diaryl/α,β-unsaturated/α-hetero) is 1. The van der Waals surface area contributed by atoms with Crippen LogP contribution in [0.3, 0.4) is 0 Å². The highest BCUT2D eigenvalue weighted by Crippen LogP contribution is 2.14. The van der Waals surface area contributed by atoms with Crippen LogP contribution in [0.4, 0.5) is 5.69 Å². The first-order chi connectivity index (χ1) is 13.2. The van der Waals surface area contributed by atoms with Crippen LogP contribution in [0, 0.1) is 10.1 Å². The number of carbonyl (C=O) groups excluding carboxylic acids is 2. The molecule has 0 spiro atoms. The van der Waals surface area contributed by atoms with Gasteiger partial charge in [-0.05, 0) is 24.6 Å². The van der Waals surface area contributed by atoms with Gasteiger partial charge in [-0.25, -0.2) is 13.1 Å². The molecule has 1 N–H and O–H groups in total.